The van der Waals surface area contributed by atoms with Crippen molar-refractivity contribution in [3.8, 4) is 0 Å². The predicted octanol–water partition coefficient (Wildman–Crippen LogP) is 4.38. The second kappa shape index (κ2) is 5.81. The molecule has 0 saturated heterocycles. The summed E-state index contributed by atoms with van der Waals surface area (Å²) in [4.78, 5) is 12.1. The van der Waals surface area contributed by atoms with Gasteiger partial charge in [0, 0.05) is 4.47 Å². The smallest absolute Gasteiger partial charge is 0.258 e. The van der Waals surface area contributed by atoms with Crippen LogP contribution in [0.25, 0.3) is 0 Å². The lowest BCUT2D eigenvalue weighted by molar-refractivity contribution is 0.102. The molecule has 0 saturated carbocycles. The predicted molar refractivity (Wildman–Crippen MR) is 82.7 cm³/mol. The van der Waals surface area contributed by atoms with E-state index in [1.807, 2.05) is 0 Å². The number of rotatable bonds is 2. The van der Waals surface area contributed by atoms with E-state index in [0.29, 0.717) is 11.4 Å². The van der Waals surface area contributed by atoms with Gasteiger partial charge in [-0.2, -0.15) is 0 Å². The third kappa shape index (κ3) is 2.94. The highest BCUT2D eigenvalue weighted by molar-refractivity contribution is 9.10. The third-order valence-corrected chi connectivity index (χ3v) is 3.52. The minimum absolute atomic E-state index is 0.0989. The van der Waals surface area contributed by atoms with Crippen LogP contribution in [0, 0.1) is 12.7 Å². The number of amides is 1. The summed E-state index contributed by atoms with van der Waals surface area (Å²) in [6.45, 7) is 1.80. The molecule has 3 nitrogen and oxygen atoms in total. The van der Waals surface area contributed by atoms with E-state index in [4.69, 9.17) is 17.3 Å². The average molecular weight is 358 g/mol. The van der Waals surface area contributed by atoms with Crippen molar-refractivity contribution in [2.24, 2.45) is 0 Å². The Kier molecular flexibility index (Phi) is 4.30. The summed E-state index contributed by atoms with van der Waals surface area (Å²) in [6.07, 6.45) is 0. The van der Waals surface area contributed by atoms with Gasteiger partial charge in [-0.05, 0) is 36.8 Å². The van der Waals surface area contributed by atoms with Crippen LogP contribution in [0.15, 0.2) is 34.8 Å². The molecule has 2 aromatic rings. The Labute approximate surface area is 129 Å². The standard InChI is InChI=1S/C14H11BrClFN2O/c1-7-5-8(15)6-11(18)13(7)19-14(20)9-3-2-4-10(16)12(9)17/h2-6H,18H2,1H3,(H,19,20). The molecule has 0 radical (unpaired) electrons. The number of carbonyl (C=O) groups excluding carboxylic acids is 1. The Hall–Kier alpha value is -1.59. The first-order valence-electron chi connectivity index (χ1n) is 5.71. The number of nitrogens with one attached hydrogen (secondary N) is 1. The highest BCUT2D eigenvalue weighted by Crippen LogP contribution is 2.28. The number of nitrogen functional groups attached to an aromatic ring is 1. The van der Waals surface area contributed by atoms with Gasteiger partial charge in [0.25, 0.3) is 5.91 Å². The molecule has 2 rings (SSSR count). The Balaban J connectivity index is 2.36. The fourth-order valence-corrected chi connectivity index (χ4v) is 2.56. The maximum Gasteiger partial charge on any atom is 0.258 e. The Morgan fingerprint density at radius 3 is 2.75 bits per heavy atom. The van der Waals surface area contributed by atoms with Gasteiger partial charge in [-0.3, -0.25) is 4.79 Å². The van der Waals surface area contributed by atoms with E-state index >= 15 is 0 Å². The van der Waals surface area contributed by atoms with Crippen molar-refractivity contribution in [1.29, 1.82) is 0 Å². The SMILES string of the molecule is Cc1cc(Br)cc(N)c1NC(=O)c1cccc(Cl)c1F. The number of aryl methyl sites for hydroxylation is 1. The number of hydrogen-bond acceptors (Lipinski definition) is 2. The van der Waals surface area contributed by atoms with Crippen LogP contribution in [-0.2, 0) is 0 Å². The zero-order valence-electron chi connectivity index (χ0n) is 10.5. The topological polar surface area (TPSA) is 55.1 Å². The molecule has 0 spiro atoms. The molecule has 3 N–H and O–H groups in total. The van der Waals surface area contributed by atoms with Crippen molar-refractivity contribution in [2.45, 2.75) is 6.92 Å². The lowest BCUT2D eigenvalue weighted by atomic mass is 10.1. The van der Waals surface area contributed by atoms with Crippen LogP contribution in [-0.4, -0.2) is 5.91 Å². The number of nitrogens with two attached hydrogens (primary N) is 1. The summed E-state index contributed by atoms with van der Waals surface area (Å²) in [7, 11) is 0. The molecule has 1 amide bonds. The van der Waals surface area contributed by atoms with Crippen LogP contribution in [0.1, 0.15) is 15.9 Å². The second-order valence-electron chi connectivity index (χ2n) is 4.24. The highest BCUT2D eigenvalue weighted by atomic mass is 79.9. The van der Waals surface area contributed by atoms with Crippen LogP contribution in [0.3, 0.4) is 0 Å². The summed E-state index contributed by atoms with van der Waals surface area (Å²) in [5.74, 6) is -1.35. The molecule has 20 heavy (non-hydrogen) atoms. The first kappa shape index (κ1) is 14.8. The lowest BCUT2D eigenvalue weighted by Gasteiger charge is -2.12. The molecule has 6 heteroatoms. The van der Waals surface area contributed by atoms with Gasteiger partial charge >= 0.3 is 0 Å². The van der Waals surface area contributed by atoms with E-state index in [1.165, 1.54) is 18.2 Å². The van der Waals surface area contributed by atoms with E-state index in [1.54, 1.807) is 19.1 Å². The van der Waals surface area contributed by atoms with Gasteiger partial charge in [-0.25, -0.2) is 4.39 Å². The first-order valence-corrected chi connectivity index (χ1v) is 6.88. The average Bonchev–Trinajstić information content (AvgIpc) is 2.36. The van der Waals surface area contributed by atoms with Crippen LogP contribution >= 0.6 is 27.5 Å². The van der Waals surface area contributed by atoms with Gasteiger partial charge in [0.2, 0.25) is 0 Å². The molecule has 104 valence electrons. The van der Waals surface area contributed by atoms with E-state index in [2.05, 4.69) is 21.2 Å². The molecule has 0 unspecified atom stereocenters. The number of halogens is 3. The number of carbonyl (C=O) groups is 1. The molecule has 0 aliphatic heterocycles. The molecular weight excluding hydrogens is 347 g/mol. The fraction of sp³-hybridized carbons (Fsp3) is 0.0714. The quantitative estimate of drug-likeness (QED) is 0.783. The molecule has 0 atom stereocenters. The van der Waals surface area contributed by atoms with E-state index < -0.39 is 11.7 Å². The van der Waals surface area contributed by atoms with Gasteiger partial charge in [0.05, 0.1) is 22.0 Å². The molecule has 0 aliphatic rings. The summed E-state index contributed by atoms with van der Waals surface area (Å²) in [5, 5.41) is 2.51. The van der Waals surface area contributed by atoms with Crippen LogP contribution in [0.2, 0.25) is 5.02 Å². The zero-order valence-corrected chi connectivity index (χ0v) is 12.8. The van der Waals surface area contributed by atoms with Crippen molar-refractivity contribution in [1.82, 2.24) is 0 Å². The van der Waals surface area contributed by atoms with Gasteiger partial charge in [0.15, 0.2) is 5.82 Å². The van der Waals surface area contributed by atoms with Gasteiger partial charge in [-0.15, -0.1) is 0 Å². The lowest BCUT2D eigenvalue weighted by Crippen LogP contribution is -2.16. The van der Waals surface area contributed by atoms with Crippen molar-refractivity contribution < 1.29 is 9.18 Å². The maximum atomic E-state index is 13.8. The Morgan fingerprint density at radius 1 is 1.40 bits per heavy atom. The number of anilines is 2. The number of hydrogen-bond donors (Lipinski definition) is 2. The van der Waals surface area contributed by atoms with E-state index in [9.17, 15) is 9.18 Å². The van der Waals surface area contributed by atoms with Crippen molar-refractivity contribution >= 4 is 44.8 Å². The minimum Gasteiger partial charge on any atom is -0.397 e. The molecule has 2 aromatic carbocycles. The van der Waals surface area contributed by atoms with Crippen molar-refractivity contribution in [3.63, 3.8) is 0 Å². The molecule has 0 fully saturated rings. The first-order chi connectivity index (χ1) is 9.40. The Morgan fingerprint density at radius 2 is 2.10 bits per heavy atom. The second-order valence-corrected chi connectivity index (χ2v) is 5.57. The Bertz CT molecular complexity index is 668. The van der Waals surface area contributed by atoms with Crippen molar-refractivity contribution in [2.75, 3.05) is 11.1 Å². The normalized spacial score (nSPS) is 10.4. The monoisotopic (exact) mass is 356 g/mol. The largest absolute Gasteiger partial charge is 0.397 e. The molecule has 0 bridgehead atoms. The maximum absolute atomic E-state index is 13.8. The summed E-state index contributed by atoms with van der Waals surface area (Å²) in [6, 6.07) is 7.73. The molecule has 0 aromatic heterocycles. The summed E-state index contributed by atoms with van der Waals surface area (Å²) in [5.41, 5.74) is 7.35. The van der Waals surface area contributed by atoms with Crippen LogP contribution in [0.5, 0.6) is 0 Å². The van der Waals surface area contributed by atoms with Crippen LogP contribution < -0.4 is 11.1 Å². The fourth-order valence-electron chi connectivity index (χ4n) is 1.80. The highest BCUT2D eigenvalue weighted by Gasteiger charge is 2.16. The van der Waals surface area contributed by atoms with E-state index in [-0.39, 0.29) is 10.6 Å². The van der Waals surface area contributed by atoms with Crippen molar-refractivity contribution in [3.05, 3.63) is 56.8 Å². The van der Waals surface area contributed by atoms with Gasteiger partial charge in [0.1, 0.15) is 0 Å². The minimum atomic E-state index is -0.750. The molecule has 0 aliphatic carbocycles. The molecule has 0 heterocycles. The van der Waals surface area contributed by atoms with Gasteiger partial charge < -0.3 is 11.1 Å². The van der Waals surface area contributed by atoms with E-state index in [0.717, 1.165) is 10.0 Å². The molecular formula is C14H11BrClFN2O. The van der Waals surface area contributed by atoms with Crippen LogP contribution in [0.4, 0.5) is 15.8 Å². The zero-order chi connectivity index (χ0) is 14.9. The summed E-state index contributed by atoms with van der Waals surface area (Å²) >= 11 is 8.97. The van der Waals surface area contributed by atoms with Gasteiger partial charge in [-0.1, -0.05) is 33.6 Å². The number of benzene rings is 2. The summed E-state index contributed by atoms with van der Waals surface area (Å²) < 4.78 is 14.6. The third-order valence-electron chi connectivity index (χ3n) is 2.77.